The van der Waals surface area contributed by atoms with Gasteiger partial charge in [0.2, 0.25) is 5.91 Å². The summed E-state index contributed by atoms with van der Waals surface area (Å²) in [6.45, 7) is 3.91. The average Bonchev–Trinajstić information content (AvgIpc) is 3.48. The highest BCUT2D eigenvalue weighted by Gasteiger charge is 2.41. The van der Waals surface area contributed by atoms with Crippen LogP contribution in [0.5, 0.6) is 0 Å². The van der Waals surface area contributed by atoms with E-state index in [1.807, 2.05) is 0 Å². The van der Waals surface area contributed by atoms with Crippen molar-refractivity contribution in [2.75, 3.05) is 13.1 Å². The van der Waals surface area contributed by atoms with E-state index in [9.17, 15) is 4.79 Å². The minimum atomic E-state index is -0.299. The minimum absolute atomic E-state index is 0.245. The van der Waals surface area contributed by atoms with Crippen LogP contribution in [0.1, 0.15) is 36.8 Å². The Morgan fingerprint density at radius 1 is 1.08 bits per heavy atom. The van der Waals surface area contributed by atoms with E-state index in [4.69, 9.17) is 0 Å². The Labute approximate surface area is 156 Å². The minimum Gasteiger partial charge on any atom is -0.353 e. The first-order valence-electron chi connectivity index (χ1n) is 9.82. The molecule has 3 nitrogen and oxygen atoms in total. The third kappa shape index (κ3) is 3.83. The maximum atomic E-state index is 12.9. The number of nitrogens with one attached hydrogen (secondary N) is 2. The number of carbonyl (C=O) groups excluding carboxylic acids is 1. The smallest absolute Gasteiger partial charge is 0.228 e. The second-order valence-electron chi connectivity index (χ2n) is 8.05. The number of amides is 1. The zero-order chi connectivity index (χ0) is 18.0. The molecule has 2 fully saturated rings. The van der Waals surface area contributed by atoms with Crippen molar-refractivity contribution in [1.82, 2.24) is 10.6 Å². The number of hydrogen-bond donors (Lipinski definition) is 2. The Bertz CT molecular complexity index is 754. The van der Waals surface area contributed by atoms with E-state index >= 15 is 0 Å². The monoisotopic (exact) mass is 348 g/mol. The molecular weight excluding hydrogens is 320 g/mol. The molecule has 1 atom stereocenters. The predicted octanol–water partition coefficient (Wildman–Crippen LogP) is 3.85. The molecule has 3 heteroatoms. The summed E-state index contributed by atoms with van der Waals surface area (Å²) in [5, 5.41) is 6.70. The van der Waals surface area contributed by atoms with Gasteiger partial charge >= 0.3 is 0 Å². The quantitative estimate of drug-likeness (QED) is 0.862. The Morgan fingerprint density at radius 2 is 1.73 bits per heavy atom. The molecule has 1 amide bonds. The molecule has 0 radical (unpaired) electrons. The predicted molar refractivity (Wildman–Crippen MR) is 106 cm³/mol. The molecule has 2 aliphatic rings. The number of carbonyl (C=O) groups is 1. The van der Waals surface area contributed by atoms with Crippen molar-refractivity contribution in [2.45, 2.75) is 45.1 Å². The number of aryl methyl sites for hydroxylation is 1. The van der Waals surface area contributed by atoms with Crippen molar-refractivity contribution in [3.63, 3.8) is 0 Å². The first-order chi connectivity index (χ1) is 12.6. The van der Waals surface area contributed by atoms with Crippen LogP contribution in [-0.2, 0) is 11.2 Å². The van der Waals surface area contributed by atoms with Gasteiger partial charge in [0.1, 0.15) is 0 Å². The van der Waals surface area contributed by atoms with Gasteiger partial charge in [-0.05, 0) is 62.3 Å². The third-order valence-electron chi connectivity index (χ3n) is 5.75. The largest absolute Gasteiger partial charge is 0.353 e. The summed E-state index contributed by atoms with van der Waals surface area (Å²) in [5.41, 5.74) is 4.69. The highest BCUT2D eigenvalue weighted by Crippen LogP contribution is 2.33. The molecule has 0 spiro atoms. The summed E-state index contributed by atoms with van der Waals surface area (Å²) in [6.07, 6.45) is 5.13. The van der Waals surface area contributed by atoms with Gasteiger partial charge in [0.05, 0.1) is 5.41 Å². The lowest BCUT2D eigenvalue weighted by molar-refractivity contribution is -0.132. The fraction of sp³-hybridized carbons (Fsp3) is 0.435. The van der Waals surface area contributed by atoms with Gasteiger partial charge in [-0.1, -0.05) is 54.1 Å². The van der Waals surface area contributed by atoms with Crippen molar-refractivity contribution in [3.8, 4) is 11.1 Å². The molecule has 0 bridgehead atoms. The molecule has 26 heavy (non-hydrogen) atoms. The Morgan fingerprint density at radius 3 is 2.31 bits per heavy atom. The molecule has 2 aromatic carbocycles. The molecule has 2 N–H and O–H groups in total. The zero-order valence-corrected chi connectivity index (χ0v) is 15.6. The number of hydrogen-bond acceptors (Lipinski definition) is 2. The SMILES string of the molecule is Cc1ccc(-c2ccc(C[C@]3(C(=O)NC4CC4)CCCNC3)cc2)cc1. The topological polar surface area (TPSA) is 41.1 Å². The van der Waals surface area contributed by atoms with Gasteiger partial charge in [-0.15, -0.1) is 0 Å². The van der Waals surface area contributed by atoms with Crippen LogP contribution in [0.2, 0.25) is 0 Å². The second kappa shape index (κ2) is 7.24. The van der Waals surface area contributed by atoms with Crippen LogP contribution < -0.4 is 10.6 Å². The van der Waals surface area contributed by atoms with Gasteiger partial charge in [0.25, 0.3) is 0 Å². The van der Waals surface area contributed by atoms with Crippen LogP contribution in [0.3, 0.4) is 0 Å². The highest BCUT2D eigenvalue weighted by atomic mass is 16.2. The zero-order valence-electron chi connectivity index (χ0n) is 15.6. The van der Waals surface area contributed by atoms with Crippen molar-refractivity contribution in [2.24, 2.45) is 5.41 Å². The van der Waals surface area contributed by atoms with Crippen LogP contribution in [0.25, 0.3) is 11.1 Å². The van der Waals surface area contributed by atoms with E-state index in [1.165, 1.54) is 22.3 Å². The number of rotatable bonds is 5. The van der Waals surface area contributed by atoms with E-state index in [0.717, 1.165) is 45.2 Å². The Balaban J connectivity index is 1.51. The van der Waals surface area contributed by atoms with Gasteiger partial charge < -0.3 is 10.6 Å². The van der Waals surface area contributed by atoms with Gasteiger partial charge in [-0.25, -0.2) is 0 Å². The van der Waals surface area contributed by atoms with Gasteiger partial charge in [-0.2, -0.15) is 0 Å². The van der Waals surface area contributed by atoms with Crippen LogP contribution in [0.15, 0.2) is 48.5 Å². The molecule has 0 aromatic heterocycles. The average molecular weight is 348 g/mol. The van der Waals surface area contributed by atoms with Crippen molar-refractivity contribution in [3.05, 3.63) is 59.7 Å². The first-order valence-corrected chi connectivity index (χ1v) is 9.82. The summed E-state index contributed by atoms with van der Waals surface area (Å²) in [7, 11) is 0. The summed E-state index contributed by atoms with van der Waals surface area (Å²) in [5.74, 6) is 0.245. The first kappa shape index (κ1) is 17.3. The van der Waals surface area contributed by atoms with Crippen molar-refractivity contribution < 1.29 is 4.79 Å². The molecule has 1 heterocycles. The molecule has 1 saturated heterocycles. The summed E-state index contributed by atoms with van der Waals surface area (Å²) < 4.78 is 0. The third-order valence-corrected chi connectivity index (χ3v) is 5.75. The Hall–Kier alpha value is -2.13. The maximum Gasteiger partial charge on any atom is 0.228 e. The normalized spacial score (nSPS) is 22.8. The van der Waals surface area contributed by atoms with Crippen LogP contribution in [0, 0.1) is 12.3 Å². The number of piperidine rings is 1. The van der Waals surface area contributed by atoms with Crippen LogP contribution in [0.4, 0.5) is 0 Å². The lowest BCUT2D eigenvalue weighted by atomic mass is 9.74. The molecular formula is C23H28N2O. The lowest BCUT2D eigenvalue weighted by Crippen LogP contribution is -2.52. The van der Waals surface area contributed by atoms with E-state index in [-0.39, 0.29) is 11.3 Å². The molecule has 1 aliphatic carbocycles. The fourth-order valence-corrected chi connectivity index (χ4v) is 3.91. The van der Waals surface area contributed by atoms with E-state index in [2.05, 4.69) is 66.1 Å². The molecule has 4 rings (SSSR count). The van der Waals surface area contributed by atoms with Crippen LogP contribution >= 0.6 is 0 Å². The summed E-state index contributed by atoms with van der Waals surface area (Å²) in [6, 6.07) is 17.8. The lowest BCUT2D eigenvalue weighted by Gasteiger charge is -2.36. The standard InChI is InChI=1S/C23H28N2O/c1-17-3-7-19(8-4-17)20-9-5-18(6-10-20)15-23(13-2-14-24-16-23)22(26)25-21-11-12-21/h3-10,21,24H,2,11-16H2,1H3,(H,25,26)/t23-/m1/s1. The van der Waals surface area contributed by atoms with Crippen molar-refractivity contribution in [1.29, 1.82) is 0 Å². The van der Waals surface area contributed by atoms with Gasteiger partial charge in [-0.3, -0.25) is 4.79 Å². The Kier molecular flexibility index (Phi) is 4.82. The van der Waals surface area contributed by atoms with Crippen LogP contribution in [-0.4, -0.2) is 25.0 Å². The molecule has 2 aromatic rings. The molecule has 1 saturated carbocycles. The van der Waals surface area contributed by atoms with Crippen molar-refractivity contribution >= 4 is 5.91 Å². The molecule has 136 valence electrons. The maximum absolute atomic E-state index is 12.9. The highest BCUT2D eigenvalue weighted by molar-refractivity contribution is 5.84. The molecule has 0 unspecified atom stereocenters. The summed E-state index contributed by atoms with van der Waals surface area (Å²) in [4.78, 5) is 12.9. The second-order valence-corrected chi connectivity index (χ2v) is 8.05. The van der Waals surface area contributed by atoms with E-state index < -0.39 is 0 Å². The van der Waals surface area contributed by atoms with Gasteiger partial charge in [0.15, 0.2) is 0 Å². The molecule has 1 aliphatic heterocycles. The van der Waals surface area contributed by atoms with E-state index in [0.29, 0.717) is 6.04 Å². The van der Waals surface area contributed by atoms with Gasteiger partial charge in [0, 0.05) is 12.6 Å². The summed E-state index contributed by atoms with van der Waals surface area (Å²) >= 11 is 0. The fourth-order valence-electron chi connectivity index (χ4n) is 3.91. The number of benzene rings is 2. The van der Waals surface area contributed by atoms with E-state index in [1.54, 1.807) is 0 Å².